The fraction of sp³-hybridized carbons (Fsp3) is 0. The zero-order valence-electron chi connectivity index (χ0n) is 73.7. The van der Waals surface area contributed by atoms with E-state index in [2.05, 4.69) is 438 Å². The summed E-state index contributed by atoms with van der Waals surface area (Å²) in [5.41, 5.74) is 29.6. The Bertz CT molecular complexity index is 9930. The highest BCUT2D eigenvalue weighted by atomic mass is 16.3. The summed E-state index contributed by atoms with van der Waals surface area (Å²) >= 11 is 0. The van der Waals surface area contributed by atoms with Crippen molar-refractivity contribution in [3.63, 3.8) is 0 Å². The summed E-state index contributed by atoms with van der Waals surface area (Å²) in [5.74, 6) is 2.77. The van der Waals surface area contributed by atoms with E-state index in [1.54, 1.807) is 0 Å². The maximum absolute atomic E-state index is 6.61. The second-order valence-corrected chi connectivity index (χ2v) is 35.1. The van der Waals surface area contributed by atoms with Gasteiger partial charge in [-0.25, -0.2) is 19.9 Å². The molecule has 0 aliphatic carbocycles. The molecule has 0 aliphatic heterocycles. The van der Waals surface area contributed by atoms with Crippen molar-refractivity contribution < 1.29 is 8.83 Å². The predicted molar refractivity (Wildman–Crippen MR) is 564 cm³/mol. The Morgan fingerprint density at radius 2 is 0.540 bits per heavy atom. The van der Waals surface area contributed by atoms with E-state index in [0.29, 0.717) is 0 Å². The monoisotopic (exact) mass is 1750 g/mol. The summed E-state index contributed by atoms with van der Waals surface area (Å²) < 4.78 is 29.4. The van der Waals surface area contributed by atoms with Crippen LogP contribution in [0.1, 0.15) is 0 Å². The van der Waals surface area contributed by atoms with Crippen LogP contribution in [0.25, 0.3) is 260 Å². The number of imidazole rings is 3. The Hall–Kier alpha value is -18.7. The van der Waals surface area contributed by atoms with E-state index < -0.39 is 0 Å². The maximum Gasteiger partial charge on any atom is 0.145 e. The van der Waals surface area contributed by atoms with Crippen LogP contribution in [-0.4, -0.2) is 51.9 Å². The van der Waals surface area contributed by atoms with Crippen LogP contribution in [-0.2, 0) is 0 Å². The number of aromatic nitrogens is 11. The summed E-state index contributed by atoms with van der Waals surface area (Å²) in [6.45, 7) is 0. The van der Waals surface area contributed by atoms with Crippen LogP contribution in [0.3, 0.4) is 0 Å². The summed E-state index contributed by atoms with van der Waals surface area (Å²) in [4.78, 5) is 20.1. The first kappa shape index (κ1) is 77.1. The first-order chi connectivity index (χ1) is 68.0. The Kier molecular flexibility index (Phi) is 17.4. The van der Waals surface area contributed by atoms with E-state index in [-0.39, 0.29) is 0 Å². The number of fused-ring (bicyclic) bond motifs is 27. The molecule has 0 radical (unpaired) electrons. The Balaban J connectivity index is 0.000000102. The minimum Gasteiger partial charge on any atom is -0.455 e. The first-order valence-corrected chi connectivity index (χ1v) is 46.3. The van der Waals surface area contributed by atoms with Crippen LogP contribution in [0.4, 0.5) is 0 Å². The average molecular weight is 1750 g/mol. The molecule has 0 unspecified atom stereocenters. The largest absolute Gasteiger partial charge is 0.455 e. The fourth-order valence-electron chi connectivity index (χ4n) is 21.5. The molecule has 640 valence electrons. The third-order valence-corrected chi connectivity index (χ3v) is 27.5. The molecule has 0 N–H and O–H groups in total. The number of furan rings is 2. The molecule has 0 atom stereocenters. The van der Waals surface area contributed by atoms with Gasteiger partial charge in [-0.05, 0) is 228 Å². The van der Waals surface area contributed by atoms with Crippen molar-refractivity contribution in [1.29, 1.82) is 0 Å². The second-order valence-electron chi connectivity index (χ2n) is 35.1. The lowest BCUT2D eigenvalue weighted by Crippen LogP contribution is -2.00. The molecule has 30 aromatic rings. The van der Waals surface area contributed by atoms with E-state index in [1.165, 1.54) is 59.5 Å². The van der Waals surface area contributed by atoms with Gasteiger partial charge in [0.2, 0.25) is 0 Å². The van der Waals surface area contributed by atoms with Crippen LogP contribution >= 0.6 is 0 Å². The third-order valence-electron chi connectivity index (χ3n) is 27.5. The SMILES string of the molecule is c1ccc(-c2nc3ccccc3n2-c2ccc(-n3c4cc5ccccc5cc4c4c5oc6ccccc6c5ccc43)cc2)cc1.c1ccc(-c2nc3ccccc3n2-c2ccc(-n3c4ccc5ccccc5c4c4c5oc6ccccc6c5ccc43)cc2)cc1.c1ccc(-n2c(-c3ccc(-n4c5ncccc5c5ccc6c7ccccc7n(-c7ccccc7)c6c54)cc3)nc3ccccc32)cc1. The molecule has 0 aliphatic rings. The van der Waals surface area contributed by atoms with Crippen molar-refractivity contribution >= 4 is 186 Å². The molecule has 10 heterocycles. The zero-order chi connectivity index (χ0) is 89.9. The number of pyridine rings is 1. The van der Waals surface area contributed by atoms with E-state index in [1.807, 2.05) is 60.8 Å². The van der Waals surface area contributed by atoms with Gasteiger partial charge in [0.05, 0.1) is 82.5 Å². The van der Waals surface area contributed by atoms with Gasteiger partial charge in [-0.15, -0.1) is 0 Å². The molecule has 20 aromatic carbocycles. The van der Waals surface area contributed by atoms with Crippen molar-refractivity contribution in [3.8, 4) is 74.0 Å². The number of benzene rings is 20. The van der Waals surface area contributed by atoms with Gasteiger partial charge in [-0.3, -0.25) is 18.3 Å². The number of hydrogen-bond donors (Lipinski definition) is 0. The number of hydrogen-bond acceptors (Lipinski definition) is 6. The summed E-state index contributed by atoms with van der Waals surface area (Å²) in [7, 11) is 0. The van der Waals surface area contributed by atoms with Gasteiger partial charge in [0, 0.05) is 117 Å². The number of para-hydroxylation sites is 11. The number of nitrogens with zero attached hydrogens (tertiary/aromatic N) is 11. The smallest absolute Gasteiger partial charge is 0.145 e. The van der Waals surface area contributed by atoms with Gasteiger partial charge in [-0.2, -0.15) is 0 Å². The Morgan fingerprint density at radius 1 is 0.182 bits per heavy atom. The van der Waals surface area contributed by atoms with E-state index >= 15 is 0 Å². The van der Waals surface area contributed by atoms with Crippen molar-refractivity contribution in [2.45, 2.75) is 0 Å². The average Bonchev–Trinajstić information content (AvgIpc) is 1.55. The van der Waals surface area contributed by atoms with Crippen LogP contribution in [0.2, 0.25) is 0 Å². The highest BCUT2D eigenvalue weighted by Crippen LogP contribution is 2.48. The van der Waals surface area contributed by atoms with Crippen molar-refractivity contribution in [3.05, 3.63) is 467 Å². The molecule has 0 fully saturated rings. The minimum absolute atomic E-state index is 0.910. The minimum atomic E-state index is 0.910. The van der Waals surface area contributed by atoms with Crippen molar-refractivity contribution in [2.75, 3.05) is 0 Å². The molecular weight excluding hydrogens is 1680 g/mol. The van der Waals surface area contributed by atoms with Crippen LogP contribution in [0.15, 0.2) is 476 Å². The van der Waals surface area contributed by atoms with Crippen LogP contribution < -0.4 is 0 Å². The van der Waals surface area contributed by atoms with E-state index in [0.717, 1.165) is 200 Å². The predicted octanol–water partition coefficient (Wildman–Crippen LogP) is 32.0. The third kappa shape index (κ3) is 12.1. The molecule has 137 heavy (non-hydrogen) atoms. The van der Waals surface area contributed by atoms with Gasteiger partial charge in [-0.1, -0.05) is 255 Å². The standard InChI is InChI=1S/C42H27N5.2C41H25N3O/c1-3-12-29(13-4-1)45-37-19-9-7-16-32(37)33-25-26-34-35-17-11-27-43-42(35)47(40(34)39(33)45)31-23-21-28(22-24-31)41-44-36-18-8-10-20-38(36)46(41)30-14-5-2-6-15-30;1-2-11-27(12-3-1)41-42-33-15-7-8-16-34(33)44(41)29-21-19-28(20-22-29)43-35-24-18-26-10-4-5-13-30(26)38(35)39-36(43)25-23-32-31-14-6-9-17-37(31)45-40(32)39;1-2-10-26(11-3-1)41-42-34-15-7-8-16-35(34)44(41)30-20-18-29(19-21-30)43-36-23-22-32-31-14-6-9-17-38(31)45-40(32)39(36)33-24-27-12-4-5-13-28(27)25-37(33)43/h1-27H;2*1-25H. The van der Waals surface area contributed by atoms with Gasteiger partial charge in [0.15, 0.2) is 0 Å². The molecule has 13 heteroatoms. The molecule has 0 amide bonds. The summed E-state index contributed by atoms with van der Waals surface area (Å²) in [6, 6.07) is 163. The molecule has 0 saturated heterocycles. The molecule has 0 spiro atoms. The molecule has 0 saturated carbocycles. The lowest BCUT2D eigenvalue weighted by Gasteiger charge is -2.13. The van der Waals surface area contributed by atoms with E-state index in [9.17, 15) is 0 Å². The summed E-state index contributed by atoms with van der Waals surface area (Å²) in [5, 5.41) is 18.9. The Morgan fingerprint density at radius 3 is 1.09 bits per heavy atom. The highest BCUT2D eigenvalue weighted by Gasteiger charge is 2.28. The Labute approximate surface area is 782 Å². The fourth-order valence-corrected chi connectivity index (χ4v) is 21.5. The quantitative estimate of drug-likeness (QED) is 0.135. The molecular formula is C124H77N11O2. The van der Waals surface area contributed by atoms with Gasteiger partial charge in [0.25, 0.3) is 0 Å². The van der Waals surface area contributed by atoms with Crippen molar-refractivity contribution in [2.24, 2.45) is 0 Å². The normalized spacial score (nSPS) is 11.9. The van der Waals surface area contributed by atoms with Gasteiger partial charge >= 0.3 is 0 Å². The number of rotatable bonds is 10. The lowest BCUT2D eigenvalue weighted by molar-refractivity contribution is 0.672. The molecule has 30 rings (SSSR count). The van der Waals surface area contributed by atoms with Crippen molar-refractivity contribution in [1.82, 2.24) is 51.9 Å². The lowest BCUT2D eigenvalue weighted by atomic mass is 10.0. The first-order valence-electron chi connectivity index (χ1n) is 46.3. The van der Waals surface area contributed by atoms with E-state index in [4.69, 9.17) is 28.8 Å². The van der Waals surface area contributed by atoms with Crippen LogP contribution in [0.5, 0.6) is 0 Å². The second kappa shape index (κ2) is 31.0. The topological polar surface area (TPSA) is 112 Å². The molecule has 13 nitrogen and oxygen atoms in total. The molecule has 10 aromatic heterocycles. The summed E-state index contributed by atoms with van der Waals surface area (Å²) in [6.07, 6.45) is 1.89. The maximum atomic E-state index is 6.61. The zero-order valence-corrected chi connectivity index (χ0v) is 73.7. The van der Waals surface area contributed by atoms with Gasteiger partial charge < -0.3 is 22.5 Å². The highest BCUT2D eigenvalue weighted by molar-refractivity contribution is 6.31. The van der Waals surface area contributed by atoms with Crippen LogP contribution in [0, 0.1) is 0 Å². The molecule has 0 bridgehead atoms. The van der Waals surface area contributed by atoms with Gasteiger partial charge in [0.1, 0.15) is 45.5 Å².